The number of methoxy groups -OCH3 is 1. The number of hydrogen-bond donors (Lipinski definition) is 1. The van der Waals surface area contributed by atoms with Crippen LogP contribution >= 0.6 is 0 Å². The van der Waals surface area contributed by atoms with Gasteiger partial charge in [-0.1, -0.05) is 5.16 Å². The zero-order chi connectivity index (χ0) is 11.7. The smallest absolute Gasteiger partial charge is 0.410 e. The summed E-state index contributed by atoms with van der Waals surface area (Å²) in [7, 11) is 1.36. The van der Waals surface area contributed by atoms with Crippen molar-refractivity contribution >= 4 is 6.09 Å². The topological polar surface area (TPSA) is 81.6 Å². The summed E-state index contributed by atoms with van der Waals surface area (Å²) in [5, 5.41) is 3.91. The first-order chi connectivity index (χ1) is 7.69. The molecule has 1 atom stereocenters. The Morgan fingerprint density at radius 3 is 3.12 bits per heavy atom. The van der Waals surface area contributed by atoms with Crippen LogP contribution in [0.1, 0.15) is 23.1 Å². The molecule has 1 aromatic rings. The van der Waals surface area contributed by atoms with Crippen LogP contribution in [0.3, 0.4) is 0 Å². The molecule has 2 rings (SSSR count). The number of nitrogens with zero attached hydrogens (tertiary/aromatic N) is 2. The average molecular weight is 225 g/mol. The number of aryl methyl sites for hydroxylation is 1. The molecule has 2 heterocycles. The monoisotopic (exact) mass is 225 g/mol. The van der Waals surface area contributed by atoms with Gasteiger partial charge in [0.2, 0.25) is 0 Å². The zero-order valence-electron chi connectivity index (χ0n) is 9.40. The van der Waals surface area contributed by atoms with Crippen LogP contribution in [-0.4, -0.2) is 36.3 Å². The fourth-order valence-corrected chi connectivity index (χ4v) is 2.07. The third-order valence-electron chi connectivity index (χ3n) is 2.93. The lowest BCUT2D eigenvalue weighted by Crippen LogP contribution is -2.42. The lowest BCUT2D eigenvalue weighted by Gasteiger charge is -2.32. The van der Waals surface area contributed by atoms with Crippen LogP contribution in [-0.2, 0) is 11.2 Å². The van der Waals surface area contributed by atoms with Crippen molar-refractivity contribution in [1.82, 2.24) is 10.1 Å². The summed E-state index contributed by atoms with van der Waals surface area (Å²) in [5.74, 6) is 0.691. The van der Waals surface area contributed by atoms with Gasteiger partial charge >= 0.3 is 6.09 Å². The third-order valence-corrected chi connectivity index (χ3v) is 2.93. The molecule has 6 heteroatoms. The number of amides is 1. The summed E-state index contributed by atoms with van der Waals surface area (Å²) in [6.45, 7) is 2.78. The molecule has 0 bridgehead atoms. The van der Waals surface area contributed by atoms with Crippen molar-refractivity contribution < 1.29 is 14.1 Å². The largest absolute Gasteiger partial charge is 0.453 e. The van der Waals surface area contributed by atoms with Gasteiger partial charge in [0.1, 0.15) is 6.04 Å². The van der Waals surface area contributed by atoms with E-state index in [4.69, 9.17) is 15.0 Å². The maximum Gasteiger partial charge on any atom is 0.410 e. The Morgan fingerprint density at radius 1 is 1.75 bits per heavy atom. The maximum absolute atomic E-state index is 11.5. The zero-order valence-corrected chi connectivity index (χ0v) is 9.40. The molecule has 6 nitrogen and oxygen atoms in total. The molecule has 0 aliphatic carbocycles. The van der Waals surface area contributed by atoms with E-state index in [0.29, 0.717) is 18.8 Å². The van der Waals surface area contributed by atoms with E-state index in [1.54, 1.807) is 4.90 Å². The van der Waals surface area contributed by atoms with Gasteiger partial charge in [0, 0.05) is 18.7 Å². The van der Waals surface area contributed by atoms with E-state index < -0.39 is 0 Å². The summed E-state index contributed by atoms with van der Waals surface area (Å²) in [6.07, 6.45) is 0.353. The number of carbonyl (C=O) groups excluding carboxylic acids is 1. The molecule has 0 fully saturated rings. The second kappa shape index (κ2) is 4.13. The molecule has 1 aliphatic rings. The Hall–Kier alpha value is -1.56. The van der Waals surface area contributed by atoms with Crippen LogP contribution in [0, 0.1) is 6.92 Å². The minimum Gasteiger partial charge on any atom is -0.453 e. The Bertz CT molecular complexity index is 402. The van der Waals surface area contributed by atoms with E-state index in [1.807, 2.05) is 6.92 Å². The number of hydrogen-bond acceptors (Lipinski definition) is 5. The van der Waals surface area contributed by atoms with Gasteiger partial charge in [-0.25, -0.2) is 4.79 Å². The minimum absolute atomic E-state index is 0.266. The fraction of sp³-hybridized carbons (Fsp3) is 0.600. The second-order valence-electron chi connectivity index (χ2n) is 3.78. The predicted molar refractivity (Wildman–Crippen MR) is 55.9 cm³/mol. The van der Waals surface area contributed by atoms with Gasteiger partial charge in [0.15, 0.2) is 5.76 Å². The van der Waals surface area contributed by atoms with Gasteiger partial charge < -0.3 is 15.0 Å². The van der Waals surface area contributed by atoms with Crippen molar-refractivity contribution in [2.24, 2.45) is 5.73 Å². The molecule has 1 unspecified atom stereocenters. The van der Waals surface area contributed by atoms with E-state index in [2.05, 4.69) is 5.16 Å². The van der Waals surface area contributed by atoms with Crippen molar-refractivity contribution in [3.8, 4) is 0 Å². The van der Waals surface area contributed by atoms with Crippen molar-refractivity contribution in [1.29, 1.82) is 0 Å². The lowest BCUT2D eigenvalue weighted by molar-refractivity contribution is 0.0938. The highest BCUT2D eigenvalue weighted by atomic mass is 16.5. The summed E-state index contributed by atoms with van der Waals surface area (Å²) in [5.41, 5.74) is 7.61. The van der Waals surface area contributed by atoms with Crippen LogP contribution < -0.4 is 5.73 Å². The summed E-state index contributed by atoms with van der Waals surface area (Å²) in [6, 6.07) is -0.266. The molecule has 1 amide bonds. The van der Waals surface area contributed by atoms with E-state index in [1.165, 1.54) is 7.11 Å². The molecule has 0 saturated heterocycles. The van der Waals surface area contributed by atoms with Gasteiger partial charge in [0.05, 0.1) is 12.8 Å². The number of fused-ring (bicyclic) bond motifs is 1. The molecule has 1 aromatic heterocycles. The third kappa shape index (κ3) is 1.55. The van der Waals surface area contributed by atoms with Crippen LogP contribution in [0.4, 0.5) is 4.79 Å². The summed E-state index contributed by atoms with van der Waals surface area (Å²) in [4.78, 5) is 13.1. The van der Waals surface area contributed by atoms with Crippen LogP contribution in [0.15, 0.2) is 4.52 Å². The average Bonchev–Trinajstić information content (AvgIpc) is 2.69. The molecule has 0 aromatic carbocycles. The maximum atomic E-state index is 11.5. The number of rotatable bonds is 1. The van der Waals surface area contributed by atoms with Gasteiger partial charge in [-0.05, 0) is 13.3 Å². The molecule has 1 aliphatic heterocycles. The Kier molecular flexibility index (Phi) is 2.82. The first-order valence-electron chi connectivity index (χ1n) is 5.18. The highest BCUT2D eigenvalue weighted by Gasteiger charge is 2.34. The second-order valence-corrected chi connectivity index (χ2v) is 3.78. The van der Waals surface area contributed by atoms with Crippen molar-refractivity contribution in [2.75, 3.05) is 20.2 Å². The van der Waals surface area contributed by atoms with E-state index in [-0.39, 0.29) is 12.1 Å². The van der Waals surface area contributed by atoms with Gasteiger partial charge in [-0.2, -0.15) is 0 Å². The Balaban J connectivity index is 2.33. The number of aromatic nitrogens is 1. The number of carbonyl (C=O) groups is 1. The summed E-state index contributed by atoms with van der Waals surface area (Å²) < 4.78 is 9.95. The van der Waals surface area contributed by atoms with Crippen molar-refractivity contribution in [3.05, 3.63) is 17.0 Å². The molecular weight excluding hydrogens is 210 g/mol. The van der Waals surface area contributed by atoms with Crippen molar-refractivity contribution in [2.45, 2.75) is 19.4 Å². The van der Waals surface area contributed by atoms with Gasteiger partial charge in [-0.3, -0.25) is 4.90 Å². The normalized spacial score (nSPS) is 19.4. The highest BCUT2D eigenvalue weighted by Crippen LogP contribution is 2.31. The first-order valence-corrected chi connectivity index (χ1v) is 5.18. The Morgan fingerprint density at radius 2 is 2.50 bits per heavy atom. The van der Waals surface area contributed by atoms with Crippen LogP contribution in [0.5, 0.6) is 0 Å². The first kappa shape index (κ1) is 10.9. The SMILES string of the molecule is COC(=O)N1CCc2c(C)noc2C1CN. The minimum atomic E-state index is -0.379. The standard InChI is InChI=1S/C10H15N3O3/c1-6-7-3-4-13(10(14)15-2)8(5-11)9(7)16-12-6/h8H,3-5,11H2,1-2H3. The highest BCUT2D eigenvalue weighted by molar-refractivity contribution is 5.68. The molecule has 0 saturated carbocycles. The number of nitrogens with two attached hydrogens (primary N) is 1. The van der Waals surface area contributed by atoms with Crippen molar-refractivity contribution in [3.63, 3.8) is 0 Å². The molecule has 16 heavy (non-hydrogen) atoms. The number of ether oxygens (including phenoxy) is 1. The van der Waals surface area contributed by atoms with Crippen LogP contribution in [0.25, 0.3) is 0 Å². The fourth-order valence-electron chi connectivity index (χ4n) is 2.07. The molecule has 0 spiro atoms. The molecule has 2 N–H and O–H groups in total. The Labute approximate surface area is 93.3 Å². The van der Waals surface area contributed by atoms with Gasteiger partial charge in [-0.15, -0.1) is 0 Å². The van der Waals surface area contributed by atoms with E-state index in [0.717, 1.165) is 17.7 Å². The van der Waals surface area contributed by atoms with Gasteiger partial charge in [0.25, 0.3) is 0 Å². The molecular formula is C10H15N3O3. The summed E-state index contributed by atoms with van der Waals surface area (Å²) >= 11 is 0. The predicted octanol–water partition coefficient (Wildman–Crippen LogP) is 0.607. The van der Waals surface area contributed by atoms with E-state index >= 15 is 0 Å². The quantitative estimate of drug-likeness (QED) is 0.757. The van der Waals surface area contributed by atoms with E-state index in [9.17, 15) is 4.79 Å². The molecule has 0 radical (unpaired) electrons. The lowest BCUT2D eigenvalue weighted by atomic mass is 9.99. The van der Waals surface area contributed by atoms with Crippen LogP contribution in [0.2, 0.25) is 0 Å². The molecule has 88 valence electrons.